The van der Waals surface area contributed by atoms with Gasteiger partial charge in [-0.15, -0.1) is 0 Å². The lowest BCUT2D eigenvalue weighted by Gasteiger charge is -2.62. The highest BCUT2D eigenvalue weighted by Gasteiger charge is 2.63. The van der Waals surface area contributed by atoms with Crippen LogP contribution < -0.4 is 5.32 Å². The number of rotatable bonds is 7. The van der Waals surface area contributed by atoms with Crippen LogP contribution in [0.25, 0.3) is 0 Å². The minimum Gasteiger partial charge on any atom is -0.395 e. The van der Waals surface area contributed by atoms with Crippen LogP contribution in [0.4, 0.5) is 0 Å². The summed E-state index contributed by atoms with van der Waals surface area (Å²) >= 11 is 0. The van der Waals surface area contributed by atoms with E-state index in [1.807, 2.05) is 0 Å². The third-order valence-electron chi connectivity index (χ3n) is 11.0. The van der Waals surface area contributed by atoms with Crippen molar-refractivity contribution in [1.29, 1.82) is 0 Å². The van der Waals surface area contributed by atoms with Gasteiger partial charge in [-0.3, -0.25) is 0 Å². The number of carbonyl (C=O) groups is 1. The molecule has 0 aromatic heterocycles. The molecular formula is C27H47NO3. The van der Waals surface area contributed by atoms with Gasteiger partial charge >= 0.3 is 0 Å². The molecule has 10 atom stereocenters. The molecule has 4 saturated carbocycles. The van der Waals surface area contributed by atoms with Crippen LogP contribution in [-0.4, -0.2) is 41.3 Å². The van der Waals surface area contributed by atoms with Crippen LogP contribution in [0, 0.1) is 46.3 Å². The summed E-state index contributed by atoms with van der Waals surface area (Å²) in [6, 6.07) is 0.554. The molecule has 0 aromatic carbocycles. The van der Waals surface area contributed by atoms with Gasteiger partial charge in [0.15, 0.2) is 0 Å². The molecule has 0 saturated heterocycles. The summed E-state index contributed by atoms with van der Waals surface area (Å²) in [5.41, 5.74) is 0.390. The first-order valence-electron chi connectivity index (χ1n) is 13.2. The zero-order valence-corrected chi connectivity index (χ0v) is 20.4. The lowest BCUT2D eigenvalue weighted by Crippen LogP contribution is -2.59. The van der Waals surface area contributed by atoms with Gasteiger partial charge in [-0.1, -0.05) is 20.8 Å². The molecule has 178 valence electrons. The van der Waals surface area contributed by atoms with E-state index in [9.17, 15) is 15.0 Å². The highest BCUT2D eigenvalue weighted by atomic mass is 16.3. The van der Waals surface area contributed by atoms with Crippen molar-refractivity contribution in [2.24, 2.45) is 46.3 Å². The molecule has 0 aromatic rings. The van der Waals surface area contributed by atoms with E-state index in [4.69, 9.17) is 0 Å². The Hall–Kier alpha value is -0.450. The van der Waals surface area contributed by atoms with Crippen LogP contribution in [0.15, 0.2) is 0 Å². The van der Waals surface area contributed by atoms with Crippen molar-refractivity contribution in [3.05, 3.63) is 0 Å². The molecule has 0 radical (unpaired) electrons. The van der Waals surface area contributed by atoms with Gasteiger partial charge in [-0.2, -0.15) is 0 Å². The average molecular weight is 434 g/mol. The number of Topliss-reactive ketones (excluding diaryl/α,β-unsaturated/α-hetero) is 1. The molecule has 0 aliphatic heterocycles. The fourth-order valence-corrected chi connectivity index (χ4v) is 9.27. The van der Waals surface area contributed by atoms with Crippen LogP contribution in [0.3, 0.4) is 0 Å². The molecule has 0 bridgehead atoms. The zero-order chi connectivity index (χ0) is 22.4. The summed E-state index contributed by atoms with van der Waals surface area (Å²) in [6.07, 6.45) is 11.3. The predicted octanol–water partition coefficient (Wildman–Crippen LogP) is 4.57. The van der Waals surface area contributed by atoms with Crippen molar-refractivity contribution in [3.63, 3.8) is 0 Å². The maximum absolute atomic E-state index is 11.6. The quantitative estimate of drug-likeness (QED) is 0.550. The molecule has 3 N–H and O–H groups in total. The van der Waals surface area contributed by atoms with Crippen molar-refractivity contribution in [1.82, 2.24) is 5.32 Å². The number of carbonyl (C=O) groups excluding carboxylic acids is 1. The molecule has 4 nitrogen and oxygen atoms in total. The van der Waals surface area contributed by atoms with E-state index >= 15 is 0 Å². The van der Waals surface area contributed by atoms with Gasteiger partial charge in [0.2, 0.25) is 0 Å². The molecule has 4 fully saturated rings. The van der Waals surface area contributed by atoms with E-state index in [1.165, 1.54) is 44.9 Å². The van der Waals surface area contributed by atoms with Crippen molar-refractivity contribution >= 4 is 5.78 Å². The zero-order valence-electron chi connectivity index (χ0n) is 20.4. The SMILES string of the molecule is CC(=O)CC[C@@H](C)[C@H]1CCC2C3CCC4C[C@H](NCCO)CC[C@]4(C)C3C[C@H](O)[C@@]21C. The van der Waals surface area contributed by atoms with Crippen molar-refractivity contribution in [2.75, 3.05) is 13.2 Å². The average Bonchev–Trinajstić information content (AvgIpc) is 3.10. The molecule has 4 unspecified atom stereocenters. The number of hydrogen-bond acceptors (Lipinski definition) is 4. The Morgan fingerprint density at radius 2 is 1.87 bits per heavy atom. The maximum atomic E-state index is 11.6. The lowest BCUT2D eigenvalue weighted by atomic mass is 9.43. The number of ketones is 1. The largest absolute Gasteiger partial charge is 0.395 e. The number of fused-ring (bicyclic) bond motifs is 5. The minimum absolute atomic E-state index is 0.0282. The van der Waals surface area contributed by atoms with Crippen LogP contribution in [-0.2, 0) is 4.79 Å². The molecule has 4 rings (SSSR count). The molecule has 4 aliphatic rings. The summed E-state index contributed by atoms with van der Waals surface area (Å²) in [5, 5.41) is 24.4. The predicted molar refractivity (Wildman–Crippen MR) is 125 cm³/mol. The molecule has 31 heavy (non-hydrogen) atoms. The van der Waals surface area contributed by atoms with Crippen LogP contribution in [0.2, 0.25) is 0 Å². The third kappa shape index (κ3) is 4.04. The molecule has 0 amide bonds. The van der Waals surface area contributed by atoms with E-state index in [1.54, 1.807) is 6.92 Å². The van der Waals surface area contributed by atoms with Crippen molar-refractivity contribution in [2.45, 2.75) is 104 Å². The van der Waals surface area contributed by atoms with Crippen LogP contribution >= 0.6 is 0 Å². The summed E-state index contributed by atoms with van der Waals surface area (Å²) in [6.45, 7) is 9.93. The summed E-state index contributed by atoms with van der Waals surface area (Å²) in [4.78, 5) is 11.6. The smallest absolute Gasteiger partial charge is 0.129 e. The Balaban J connectivity index is 1.50. The van der Waals surface area contributed by atoms with Gasteiger partial charge in [-0.05, 0) is 111 Å². The number of nitrogens with one attached hydrogen (secondary N) is 1. The number of aliphatic hydroxyl groups excluding tert-OH is 2. The first-order chi connectivity index (χ1) is 14.7. The van der Waals surface area contributed by atoms with Gasteiger partial charge in [0, 0.05) is 19.0 Å². The summed E-state index contributed by atoms with van der Waals surface area (Å²) in [7, 11) is 0. The minimum atomic E-state index is -0.202. The van der Waals surface area contributed by atoms with Crippen LogP contribution in [0.1, 0.15) is 91.9 Å². The highest BCUT2D eigenvalue weighted by Crippen LogP contribution is 2.68. The fourth-order valence-electron chi connectivity index (χ4n) is 9.27. The van der Waals surface area contributed by atoms with Gasteiger partial charge in [0.05, 0.1) is 12.7 Å². The molecule has 0 heterocycles. The van der Waals surface area contributed by atoms with Gasteiger partial charge in [0.1, 0.15) is 5.78 Å². The standard InChI is InChI=1S/C27H47NO3/c1-17(5-6-18(2)30)22-9-10-23-21-8-7-19-15-20(28-13-14-29)11-12-26(19,3)24(21)16-25(31)27(22,23)4/h17,19-25,28-29,31H,5-16H2,1-4H3/t17-,19?,20-,21?,22-,23?,24?,25+,26+,27-/m1/s1. The van der Waals surface area contributed by atoms with Gasteiger partial charge in [0.25, 0.3) is 0 Å². The first kappa shape index (κ1) is 23.7. The molecule has 4 aliphatic carbocycles. The van der Waals surface area contributed by atoms with Gasteiger partial charge < -0.3 is 20.3 Å². The van der Waals surface area contributed by atoms with Crippen molar-refractivity contribution < 1.29 is 15.0 Å². The Morgan fingerprint density at radius 3 is 2.58 bits per heavy atom. The van der Waals surface area contributed by atoms with E-state index < -0.39 is 0 Å². The van der Waals surface area contributed by atoms with Crippen LogP contribution in [0.5, 0.6) is 0 Å². The second kappa shape index (κ2) is 9.06. The number of hydrogen-bond donors (Lipinski definition) is 3. The third-order valence-corrected chi connectivity index (χ3v) is 11.0. The first-order valence-corrected chi connectivity index (χ1v) is 13.2. The normalized spacial score (nSPS) is 47.9. The van der Waals surface area contributed by atoms with Crippen molar-refractivity contribution in [3.8, 4) is 0 Å². The van der Waals surface area contributed by atoms with Gasteiger partial charge in [-0.25, -0.2) is 0 Å². The fraction of sp³-hybridized carbons (Fsp3) is 0.963. The Labute approximate surface area is 190 Å². The van der Waals surface area contributed by atoms with E-state index in [-0.39, 0.29) is 18.1 Å². The molecular weight excluding hydrogens is 386 g/mol. The number of aliphatic hydroxyl groups is 2. The molecule has 0 spiro atoms. The second-order valence-electron chi connectivity index (χ2n) is 12.3. The van der Waals surface area contributed by atoms with E-state index in [0.29, 0.717) is 53.9 Å². The Morgan fingerprint density at radius 1 is 1.10 bits per heavy atom. The second-order valence-corrected chi connectivity index (χ2v) is 12.3. The van der Waals surface area contributed by atoms with E-state index in [0.717, 1.165) is 24.7 Å². The molecule has 4 heteroatoms. The Kier molecular flexibility index (Phi) is 6.93. The topological polar surface area (TPSA) is 69.6 Å². The summed E-state index contributed by atoms with van der Waals surface area (Å²) in [5.74, 6) is 4.19. The summed E-state index contributed by atoms with van der Waals surface area (Å²) < 4.78 is 0. The highest BCUT2D eigenvalue weighted by molar-refractivity contribution is 5.75. The van der Waals surface area contributed by atoms with E-state index in [2.05, 4.69) is 26.1 Å². The maximum Gasteiger partial charge on any atom is 0.129 e. The monoisotopic (exact) mass is 433 g/mol. The Bertz CT molecular complexity index is 652. The lowest BCUT2D eigenvalue weighted by molar-refractivity contribution is -0.169.